The molecule has 0 aliphatic carbocycles. The minimum atomic E-state index is -0.427. The van der Waals surface area contributed by atoms with E-state index in [0.717, 1.165) is 5.56 Å². The fourth-order valence-electron chi connectivity index (χ4n) is 2.81. The molecular weight excluding hydrogens is 311 g/mol. The molecule has 3 aromatic rings. The largest absolute Gasteiger partial charge is 0.309 e. The second-order valence-electron chi connectivity index (χ2n) is 5.66. The summed E-state index contributed by atoms with van der Waals surface area (Å²) in [6, 6.07) is 8.00. The van der Waals surface area contributed by atoms with Gasteiger partial charge in [-0.3, -0.25) is 14.6 Å². The van der Waals surface area contributed by atoms with Crippen molar-refractivity contribution < 1.29 is 9.18 Å². The van der Waals surface area contributed by atoms with Crippen LogP contribution < -0.4 is 10.5 Å². The second kappa shape index (κ2) is 5.52. The van der Waals surface area contributed by atoms with Crippen molar-refractivity contribution in [3.05, 3.63) is 64.0 Å². The monoisotopic (exact) mass is 324 g/mol. The number of halogens is 1. The number of H-pyrrole nitrogens is 1. The molecule has 0 bridgehead atoms. The molecule has 1 fully saturated rings. The number of hydrogen-bond acceptors (Lipinski definition) is 4. The molecule has 0 saturated carbocycles. The maximum atomic E-state index is 14.0. The molecule has 4 rings (SSSR count). The number of β-lactam (4-membered cyclic amide) rings is 1. The Balaban J connectivity index is 1.74. The minimum absolute atomic E-state index is 0.0830. The smallest absolute Gasteiger partial charge is 0.273 e. The molecule has 0 radical (unpaired) electrons. The predicted molar refractivity (Wildman–Crippen MR) is 86.3 cm³/mol. The van der Waals surface area contributed by atoms with E-state index in [-0.39, 0.29) is 17.2 Å². The Morgan fingerprint density at radius 3 is 2.88 bits per heavy atom. The Morgan fingerprint density at radius 1 is 1.25 bits per heavy atom. The Morgan fingerprint density at radius 2 is 2.12 bits per heavy atom. The molecule has 2 aromatic heterocycles. The number of aromatic nitrogens is 3. The van der Waals surface area contributed by atoms with Gasteiger partial charge in [-0.2, -0.15) is 5.10 Å². The molecule has 120 valence electrons. The zero-order valence-corrected chi connectivity index (χ0v) is 12.6. The summed E-state index contributed by atoms with van der Waals surface area (Å²) in [5, 5.41) is 6.99. The molecule has 1 saturated heterocycles. The third-order valence-corrected chi connectivity index (χ3v) is 4.14. The number of nitrogens with zero attached hydrogens (tertiary/aromatic N) is 3. The van der Waals surface area contributed by atoms with Gasteiger partial charge in [-0.25, -0.2) is 9.49 Å². The van der Waals surface area contributed by atoms with E-state index in [1.165, 1.54) is 11.0 Å². The van der Waals surface area contributed by atoms with Gasteiger partial charge in [0, 0.05) is 25.6 Å². The Bertz CT molecular complexity index is 1010. The second-order valence-corrected chi connectivity index (χ2v) is 5.66. The summed E-state index contributed by atoms with van der Waals surface area (Å²) in [7, 11) is 0. The maximum Gasteiger partial charge on any atom is 0.273 e. The van der Waals surface area contributed by atoms with E-state index in [0.29, 0.717) is 36.0 Å². The number of anilines is 1. The van der Waals surface area contributed by atoms with Crippen molar-refractivity contribution in [3.63, 3.8) is 0 Å². The lowest BCUT2D eigenvalue weighted by atomic mass is 10.0. The van der Waals surface area contributed by atoms with E-state index in [9.17, 15) is 14.0 Å². The van der Waals surface area contributed by atoms with Crippen molar-refractivity contribution in [2.45, 2.75) is 12.8 Å². The quantitative estimate of drug-likeness (QED) is 0.745. The molecule has 0 atom stereocenters. The molecular formula is C17H13FN4O2. The van der Waals surface area contributed by atoms with Crippen molar-refractivity contribution in [2.24, 2.45) is 0 Å². The van der Waals surface area contributed by atoms with Gasteiger partial charge >= 0.3 is 0 Å². The zero-order valence-electron chi connectivity index (χ0n) is 12.6. The zero-order chi connectivity index (χ0) is 16.7. The van der Waals surface area contributed by atoms with Crippen LogP contribution >= 0.6 is 0 Å². The summed E-state index contributed by atoms with van der Waals surface area (Å²) in [5.74, 6) is -0.510. The van der Waals surface area contributed by atoms with Crippen LogP contribution in [-0.2, 0) is 11.2 Å². The van der Waals surface area contributed by atoms with Gasteiger partial charge < -0.3 is 4.90 Å². The number of rotatable bonds is 3. The van der Waals surface area contributed by atoms with E-state index in [4.69, 9.17) is 0 Å². The Kier molecular flexibility index (Phi) is 3.34. The van der Waals surface area contributed by atoms with Crippen molar-refractivity contribution >= 4 is 22.5 Å². The van der Waals surface area contributed by atoms with Gasteiger partial charge in [0.15, 0.2) is 0 Å². The fourth-order valence-corrected chi connectivity index (χ4v) is 2.81. The topological polar surface area (TPSA) is 79.0 Å². The summed E-state index contributed by atoms with van der Waals surface area (Å²) in [6.07, 6.45) is 2.42. The van der Waals surface area contributed by atoms with Crippen molar-refractivity contribution in [1.82, 2.24) is 15.2 Å². The number of pyridine rings is 1. The van der Waals surface area contributed by atoms with Crippen LogP contribution in [0, 0.1) is 5.82 Å². The van der Waals surface area contributed by atoms with E-state index >= 15 is 0 Å². The van der Waals surface area contributed by atoms with Crippen LogP contribution in [0.1, 0.15) is 17.7 Å². The van der Waals surface area contributed by atoms with Crippen LogP contribution in [0.4, 0.5) is 10.1 Å². The molecule has 1 aliphatic rings. The highest BCUT2D eigenvalue weighted by atomic mass is 19.1. The highest BCUT2D eigenvalue weighted by molar-refractivity contribution is 5.99. The summed E-state index contributed by atoms with van der Waals surface area (Å²) in [6.45, 7) is 0.528. The first-order chi connectivity index (χ1) is 11.6. The third-order valence-electron chi connectivity index (χ3n) is 4.14. The van der Waals surface area contributed by atoms with Crippen molar-refractivity contribution in [2.75, 3.05) is 11.4 Å². The standard InChI is InChI=1S/C17H13FN4O2/c18-12-4-3-10(9-14(12)22-7-5-15(22)23)8-13-16-11(2-1-6-19-16)17(24)21-20-13/h1-4,6,9H,5,7-8H2,(H,21,24). The number of carbonyl (C=O) groups excluding carboxylic acids is 1. The molecule has 6 nitrogen and oxygen atoms in total. The Hall–Kier alpha value is -3.09. The molecule has 24 heavy (non-hydrogen) atoms. The summed E-state index contributed by atoms with van der Waals surface area (Å²) in [4.78, 5) is 29.0. The predicted octanol–water partition coefficient (Wildman–Crippen LogP) is 1.78. The lowest BCUT2D eigenvalue weighted by molar-refractivity contribution is -0.122. The van der Waals surface area contributed by atoms with Crippen LogP contribution in [0.3, 0.4) is 0 Å². The van der Waals surface area contributed by atoms with Crippen molar-refractivity contribution in [3.8, 4) is 0 Å². The molecule has 1 amide bonds. The first kappa shape index (κ1) is 14.5. The van der Waals surface area contributed by atoms with Gasteiger partial charge in [-0.05, 0) is 29.8 Å². The minimum Gasteiger partial charge on any atom is -0.309 e. The molecule has 1 aliphatic heterocycles. The number of benzene rings is 1. The molecule has 0 spiro atoms. The van der Waals surface area contributed by atoms with E-state index < -0.39 is 5.82 Å². The molecule has 1 aromatic carbocycles. The molecule has 0 unspecified atom stereocenters. The average molecular weight is 324 g/mol. The van der Waals surface area contributed by atoms with Gasteiger partial charge in [0.25, 0.3) is 5.56 Å². The summed E-state index contributed by atoms with van der Waals surface area (Å²) in [5.41, 5.74) is 1.89. The number of fused-ring (bicyclic) bond motifs is 1. The normalized spacial score (nSPS) is 14.0. The highest BCUT2D eigenvalue weighted by Gasteiger charge is 2.27. The molecule has 7 heteroatoms. The van der Waals surface area contributed by atoms with Crippen LogP contribution in [0.25, 0.3) is 10.9 Å². The number of nitrogens with one attached hydrogen (secondary N) is 1. The van der Waals surface area contributed by atoms with Gasteiger partial charge in [0.2, 0.25) is 5.91 Å². The maximum absolute atomic E-state index is 14.0. The highest BCUT2D eigenvalue weighted by Crippen LogP contribution is 2.27. The number of amides is 1. The van der Waals surface area contributed by atoms with E-state index in [1.807, 2.05) is 0 Å². The first-order valence-corrected chi connectivity index (χ1v) is 7.54. The van der Waals surface area contributed by atoms with Crippen LogP contribution in [-0.4, -0.2) is 27.6 Å². The van der Waals surface area contributed by atoms with Crippen molar-refractivity contribution in [1.29, 1.82) is 0 Å². The molecule has 3 heterocycles. The lowest BCUT2D eigenvalue weighted by Gasteiger charge is -2.31. The average Bonchev–Trinajstić information content (AvgIpc) is 2.59. The van der Waals surface area contributed by atoms with Gasteiger partial charge in [0.05, 0.1) is 22.3 Å². The number of hydrogen-bond donors (Lipinski definition) is 1. The SMILES string of the molecule is O=C1CCN1c1cc(Cc2n[nH]c(=O)c3cccnc23)ccc1F. The molecule has 1 N–H and O–H groups in total. The van der Waals surface area contributed by atoms with Gasteiger partial charge in [0.1, 0.15) is 5.82 Å². The lowest BCUT2D eigenvalue weighted by Crippen LogP contribution is -2.43. The van der Waals surface area contributed by atoms with E-state index in [1.54, 1.807) is 30.5 Å². The Labute approximate surface area is 135 Å². The number of aromatic amines is 1. The van der Waals surface area contributed by atoms with Gasteiger partial charge in [-0.1, -0.05) is 6.07 Å². The fraction of sp³-hybridized carbons (Fsp3) is 0.176. The summed E-state index contributed by atoms with van der Waals surface area (Å²) < 4.78 is 14.0. The van der Waals surface area contributed by atoms with Crippen LogP contribution in [0.5, 0.6) is 0 Å². The van der Waals surface area contributed by atoms with Crippen LogP contribution in [0.15, 0.2) is 41.3 Å². The summed E-state index contributed by atoms with van der Waals surface area (Å²) >= 11 is 0. The van der Waals surface area contributed by atoms with Gasteiger partial charge in [-0.15, -0.1) is 0 Å². The van der Waals surface area contributed by atoms with E-state index in [2.05, 4.69) is 15.2 Å². The third kappa shape index (κ3) is 2.34. The first-order valence-electron chi connectivity index (χ1n) is 7.54. The number of carbonyl (C=O) groups is 1. The van der Waals surface area contributed by atoms with Crippen LogP contribution in [0.2, 0.25) is 0 Å².